The number of benzene rings is 1. The molecule has 0 bridgehead atoms. The van der Waals surface area contributed by atoms with Crippen LogP contribution in [0.2, 0.25) is 0 Å². The third-order valence-electron chi connectivity index (χ3n) is 3.23. The van der Waals surface area contributed by atoms with E-state index < -0.39 is 0 Å². The summed E-state index contributed by atoms with van der Waals surface area (Å²) in [4.78, 5) is 6.91. The maximum absolute atomic E-state index is 4.57. The van der Waals surface area contributed by atoms with Crippen LogP contribution in [0, 0.1) is 0 Å². The zero-order chi connectivity index (χ0) is 14.2. The van der Waals surface area contributed by atoms with Gasteiger partial charge in [-0.15, -0.1) is 24.0 Å². The number of guanidine groups is 1. The summed E-state index contributed by atoms with van der Waals surface area (Å²) in [7, 11) is 0. The fraction of sp³-hybridized carbons (Fsp3) is 0.438. The highest BCUT2D eigenvalue weighted by molar-refractivity contribution is 14.0. The minimum absolute atomic E-state index is 0. The lowest BCUT2D eigenvalue weighted by atomic mass is 10.2. The predicted molar refractivity (Wildman–Crippen MR) is 102 cm³/mol. The van der Waals surface area contributed by atoms with Crippen LogP contribution >= 0.6 is 24.0 Å². The van der Waals surface area contributed by atoms with Crippen molar-refractivity contribution in [2.24, 2.45) is 4.99 Å². The van der Waals surface area contributed by atoms with Crippen molar-refractivity contribution in [2.75, 3.05) is 31.1 Å². The van der Waals surface area contributed by atoms with E-state index in [1.807, 2.05) is 0 Å². The number of nitrogens with one attached hydrogen (secondary N) is 2. The predicted octanol–water partition coefficient (Wildman–Crippen LogP) is 2.76. The molecule has 0 saturated carbocycles. The first-order valence-corrected chi connectivity index (χ1v) is 7.34. The molecule has 2 rings (SSSR count). The summed E-state index contributed by atoms with van der Waals surface area (Å²) >= 11 is 0. The van der Waals surface area contributed by atoms with Gasteiger partial charge in [0.15, 0.2) is 5.96 Å². The van der Waals surface area contributed by atoms with E-state index in [2.05, 4.69) is 70.8 Å². The Kier molecular flexibility index (Phi) is 8.19. The summed E-state index contributed by atoms with van der Waals surface area (Å²) in [5, 5.41) is 6.46. The van der Waals surface area contributed by atoms with Crippen molar-refractivity contribution in [3.63, 3.8) is 0 Å². The molecule has 1 aliphatic rings. The molecule has 1 aliphatic heterocycles. The molecule has 0 saturated heterocycles. The minimum atomic E-state index is 0. The van der Waals surface area contributed by atoms with E-state index in [1.165, 1.54) is 11.3 Å². The Hall–Kier alpha value is -1.24. The highest BCUT2D eigenvalue weighted by Gasteiger charge is 2.06. The van der Waals surface area contributed by atoms with Gasteiger partial charge >= 0.3 is 0 Å². The molecule has 4 nitrogen and oxygen atoms in total. The number of hydrogen-bond donors (Lipinski definition) is 2. The lowest BCUT2D eigenvalue weighted by Gasteiger charge is -2.17. The zero-order valence-corrected chi connectivity index (χ0v) is 15.1. The highest BCUT2D eigenvalue weighted by atomic mass is 127. The fourth-order valence-electron chi connectivity index (χ4n) is 2.18. The standard InChI is InChI=1S/C16H24N4.HI/c1-3-17-16(18-4-2)19-13-14-7-9-15(10-8-14)20-11-5-6-12-20;/h5-10H,3-4,11-13H2,1-2H3,(H2,17,18,19);1H. The monoisotopic (exact) mass is 400 g/mol. The van der Waals surface area contributed by atoms with Gasteiger partial charge in [0, 0.05) is 31.9 Å². The van der Waals surface area contributed by atoms with Crippen LogP contribution in [0.15, 0.2) is 41.4 Å². The van der Waals surface area contributed by atoms with Crippen LogP contribution in [-0.2, 0) is 6.54 Å². The zero-order valence-electron chi connectivity index (χ0n) is 12.8. The summed E-state index contributed by atoms with van der Waals surface area (Å²) in [6.45, 7) is 8.65. The molecule has 0 amide bonds. The second-order valence-electron chi connectivity index (χ2n) is 4.77. The van der Waals surface area contributed by atoms with Gasteiger partial charge in [-0.25, -0.2) is 4.99 Å². The molecular weight excluding hydrogens is 375 g/mol. The normalized spacial score (nSPS) is 12.8. The Morgan fingerprint density at radius 1 is 1.05 bits per heavy atom. The Morgan fingerprint density at radius 2 is 1.62 bits per heavy atom. The molecule has 21 heavy (non-hydrogen) atoms. The molecule has 1 aromatic carbocycles. The van der Waals surface area contributed by atoms with Crippen LogP contribution in [0.4, 0.5) is 5.69 Å². The SMILES string of the molecule is CCNC(=NCc1ccc(N2CC=CC2)cc1)NCC.I. The van der Waals surface area contributed by atoms with Gasteiger partial charge in [0.2, 0.25) is 0 Å². The third-order valence-corrected chi connectivity index (χ3v) is 3.23. The van der Waals surface area contributed by atoms with Crippen LogP contribution < -0.4 is 15.5 Å². The molecule has 0 fully saturated rings. The van der Waals surface area contributed by atoms with Crippen molar-refractivity contribution in [3.05, 3.63) is 42.0 Å². The quantitative estimate of drug-likeness (QED) is 0.346. The van der Waals surface area contributed by atoms with E-state index in [9.17, 15) is 0 Å². The van der Waals surface area contributed by atoms with Crippen molar-refractivity contribution >= 4 is 35.6 Å². The summed E-state index contributed by atoms with van der Waals surface area (Å²) in [6.07, 6.45) is 4.41. The number of anilines is 1. The number of hydrogen-bond acceptors (Lipinski definition) is 2. The fourth-order valence-corrected chi connectivity index (χ4v) is 2.18. The molecule has 0 aromatic heterocycles. The first-order chi connectivity index (χ1) is 9.83. The van der Waals surface area contributed by atoms with E-state index in [4.69, 9.17) is 0 Å². The van der Waals surface area contributed by atoms with Gasteiger partial charge < -0.3 is 15.5 Å². The van der Waals surface area contributed by atoms with Crippen LogP contribution in [0.3, 0.4) is 0 Å². The molecule has 1 heterocycles. The topological polar surface area (TPSA) is 39.7 Å². The molecule has 1 aromatic rings. The maximum Gasteiger partial charge on any atom is 0.191 e. The lowest BCUT2D eigenvalue weighted by molar-refractivity contribution is 0.839. The summed E-state index contributed by atoms with van der Waals surface area (Å²) in [5.41, 5.74) is 2.51. The van der Waals surface area contributed by atoms with Crippen molar-refractivity contribution in [1.29, 1.82) is 0 Å². The lowest BCUT2D eigenvalue weighted by Crippen LogP contribution is -2.36. The first-order valence-electron chi connectivity index (χ1n) is 7.34. The molecule has 0 unspecified atom stereocenters. The molecule has 0 spiro atoms. The first kappa shape index (κ1) is 17.8. The van der Waals surface area contributed by atoms with Crippen LogP contribution in [0.25, 0.3) is 0 Å². The van der Waals surface area contributed by atoms with Crippen LogP contribution in [-0.4, -0.2) is 32.1 Å². The van der Waals surface area contributed by atoms with E-state index in [0.29, 0.717) is 6.54 Å². The smallest absolute Gasteiger partial charge is 0.191 e. The van der Waals surface area contributed by atoms with Gasteiger partial charge in [0.05, 0.1) is 6.54 Å². The molecule has 0 radical (unpaired) electrons. The van der Waals surface area contributed by atoms with Crippen LogP contribution in [0.5, 0.6) is 0 Å². The number of aliphatic imine (C=N–C) groups is 1. The molecule has 0 aliphatic carbocycles. The van der Waals surface area contributed by atoms with E-state index in [-0.39, 0.29) is 24.0 Å². The van der Waals surface area contributed by atoms with E-state index in [0.717, 1.165) is 32.1 Å². The van der Waals surface area contributed by atoms with Gasteiger partial charge in [-0.3, -0.25) is 0 Å². The minimum Gasteiger partial charge on any atom is -0.364 e. The Morgan fingerprint density at radius 3 is 2.14 bits per heavy atom. The average molecular weight is 400 g/mol. The van der Waals surface area contributed by atoms with Crippen molar-refractivity contribution < 1.29 is 0 Å². The van der Waals surface area contributed by atoms with Gasteiger partial charge in [-0.05, 0) is 31.5 Å². The number of nitrogens with zero attached hydrogens (tertiary/aromatic N) is 2. The molecule has 0 atom stereocenters. The highest BCUT2D eigenvalue weighted by Crippen LogP contribution is 2.17. The molecule has 5 heteroatoms. The third kappa shape index (κ3) is 5.57. The second-order valence-corrected chi connectivity index (χ2v) is 4.77. The molecular formula is C16H25IN4. The van der Waals surface area contributed by atoms with Crippen molar-refractivity contribution in [3.8, 4) is 0 Å². The Labute approximate surface area is 144 Å². The maximum atomic E-state index is 4.57. The molecule has 2 N–H and O–H groups in total. The van der Waals surface area contributed by atoms with Crippen LogP contribution in [0.1, 0.15) is 19.4 Å². The average Bonchev–Trinajstić information content (AvgIpc) is 3.00. The van der Waals surface area contributed by atoms with Crippen molar-refractivity contribution in [2.45, 2.75) is 20.4 Å². The Bertz CT molecular complexity index is 452. The van der Waals surface area contributed by atoms with Gasteiger partial charge in [0.1, 0.15) is 0 Å². The summed E-state index contributed by atoms with van der Waals surface area (Å²) < 4.78 is 0. The van der Waals surface area contributed by atoms with Gasteiger partial charge in [0.25, 0.3) is 0 Å². The second kappa shape index (κ2) is 9.65. The van der Waals surface area contributed by atoms with Crippen molar-refractivity contribution in [1.82, 2.24) is 10.6 Å². The van der Waals surface area contributed by atoms with Gasteiger partial charge in [-0.2, -0.15) is 0 Å². The van der Waals surface area contributed by atoms with E-state index >= 15 is 0 Å². The largest absolute Gasteiger partial charge is 0.364 e. The summed E-state index contributed by atoms with van der Waals surface area (Å²) in [5.74, 6) is 0.878. The van der Waals surface area contributed by atoms with E-state index in [1.54, 1.807) is 0 Å². The number of rotatable bonds is 5. The summed E-state index contributed by atoms with van der Waals surface area (Å²) in [6, 6.07) is 8.68. The number of halogens is 1. The molecule has 116 valence electrons. The Balaban J connectivity index is 0.00000220. The van der Waals surface area contributed by atoms with Gasteiger partial charge in [-0.1, -0.05) is 24.3 Å².